The first-order valence-electron chi connectivity index (χ1n) is 21.9. The van der Waals surface area contributed by atoms with Crippen LogP contribution in [-0.4, -0.2) is 110 Å². The second-order valence-electron chi connectivity index (χ2n) is 16.9. The van der Waals surface area contributed by atoms with E-state index in [0.29, 0.717) is 12.2 Å². The molecule has 4 aromatic carbocycles. The first kappa shape index (κ1) is 49.7. The summed E-state index contributed by atoms with van der Waals surface area (Å²) >= 11 is 0. The lowest BCUT2D eigenvalue weighted by Gasteiger charge is -2.57. The number of hydrogen-bond acceptors (Lipinski definition) is 16. The zero-order valence-corrected chi connectivity index (χ0v) is 39.2. The normalized spacial score (nSPS) is 29.8. The van der Waals surface area contributed by atoms with Crippen molar-refractivity contribution in [3.8, 4) is 17.2 Å². The van der Waals surface area contributed by atoms with Crippen LogP contribution in [0.4, 0.5) is 0 Å². The van der Waals surface area contributed by atoms with Gasteiger partial charge in [0.25, 0.3) is 0 Å². The molecule has 7 rings (SSSR count). The van der Waals surface area contributed by atoms with Crippen molar-refractivity contribution < 1.29 is 74.0 Å². The van der Waals surface area contributed by atoms with Crippen LogP contribution in [0, 0.1) is 11.8 Å². The van der Waals surface area contributed by atoms with Crippen LogP contribution in [0.15, 0.2) is 103 Å². The van der Waals surface area contributed by atoms with Crippen LogP contribution in [0.3, 0.4) is 0 Å². The summed E-state index contributed by atoms with van der Waals surface area (Å²) in [5.41, 5.74) is 3.62. The standard InChI is InChI=1S/C49H62O16S/c1-48(56-6)49(2,57-7)64-46-45(63-48)44(65-66(50,51)52)42(62-47(46)61-30-32-11-9-8-10-12-32)26-36-25-41(59-28-34-15-21-38(54-4)22-16-34)43(60-29-35-17-23-39(55-5)24-18-35)40(36)31-58-27-33-13-19-37(53-3)20-14-33/h8-24,36,40-47H,25-31H2,1-7H3,(H,50,51,52)/p-1/t36-,40-,41+,42+,43+,44-,45-,46+,47+,48+,49+/m0/s1. The number of rotatable bonds is 22. The second kappa shape index (κ2) is 22.3. The molecule has 3 fully saturated rings. The molecule has 0 bridgehead atoms. The minimum atomic E-state index is -5.34. The zero-order chi connectivity index (χ0) is 46.9. The molecule has 0 unspecified atom stereocenters. The largest absolute Gasteiger partial charge is 0.726 e. The Kier molecular flexibility index (Phi) is 16.8. The minimum absolute atomic E-state index is 0.106. The highest BCUT2D eigenvalue weighted by molar-refractivity contribution is 7.80. The molecule has 0 amide bonds. The van der Waals surface area contributed by atoms with Gasteiger partial charge in [0, 0.05) is 20.1 Å². The van der Waals surface area contributed by atoms with Gasteiger partial charge in [-0.3, -0.25) is 4.18 Å². The predicted octanol–water partition coefficient (Wildman–Crippen LogP) is 6.72. The molecule has 2 saturated heterocycles. The average molecular weight is 938 g/mol. The van der Waals surface area contributed by atoms with Gasteiger partial charge in [0.1, 0.15) is 35.6 Å². The lowest BCUT2D eigenvalue weighted by molar-refractivity contribution is -0.483. The molecule has 360 valence electrons. The van der Waals surface area contributed by atoms with Gasteiger partial charge in [-0.05, 0) is 91.3 Å². The van der Waals surface area contributed by atoms with Crippen molar-refractivity contribution in [1.82, 2.24) is 0 Å². The molecule has 1 aliphatic carbocycles. The monoisotopic (exact) mass is 937 g/mol. The summed E-state index contributed by atoms with van der Waals surface area (Å²) in [6.45, 7) is 4.35. The number of hydrogen-bond donors (Lipinski definition) is 0. The molecular weight excluding hydrogens is 877 g/mol. The van der Waals surface area contributed by atoms with E-state index in [9.17, 15) is 13.0 Å². The van der Waals surface area contributed by atoms with Crippen LogP contribution < -0.4 is 14.2 Å². The zero-order valence-electron chi connectivity index (χ0n) is 38.4. The molecule has 2 aliphatic heterocycles. The molecule has 0 radical (unpaired) electrons. The number of fused-ring (bicyclic) bond motifs is 1. The molecule has 17 heteroatoms. The third-order valence-electron chi connectivity index (χ3n) is 12.8. The molecule has 2 heterocycles. The maximum Gasteiger partial charge on any atom is 0.220 e. The molecule has 1 saturated carbocycles. The Morgan fingerprint density at radius 2 is 1.09 bits per heavy atom. The molecule has 16 nitrogen and oxygen atoms in total. The topological polar surface area (TPSA) is 177 Å². The summed E-state index contributed by atoms with van der Waals surface area (Å²) in [5, 5.41) is 0. The van der Waals surface area contributed by atoms with Crippen molar-refractivity contribution >= 4 is 10.4 Å². The van der Waals surface area contributed by atoms with Gasteiger partial charge in [0.15, 0.2) is 6.29 Å². The molecule has 0 N–H and O–H groups in total. The van der Waals surface area contributed by atoms with Crippen molar-refractivity contribution in [3.05, 3.63) is 125 Å². The van der Waals surface area contributed by atoms with Gasteiger partial charge in [0.2, 0.25) is 22.0 Å². The molecule has 0 aromatic heterocycles. The fourth-order valence-corrected chi connectivity index (χ4v) is 9.39. The Labute approximate surface area is 387 Å². The second-order valence-corrected chi connectivity index (χ2v) is 17.9. The Hall–Kier alpha value is -4.21. The third kappa shape index (κ3) is 12.1. The Bertz CT molecular complexity index is 2210. The van der Waals surface area contributed by atoms with Crippen molar-refractivity contribution in [2.24, 2.45) is 11.8 Å². The van der Waals surface area contributed by atoms with Crippen molar-refractivity contribution in [2.45, 2.75) is 108 Å². The number of benzene rings is 4. The fraction of sp³-hybridized carbons (Fsp3) is 0.510. The summed E-state index contributed by atoms with van der Waals surface area (Å²) in [4.78, 5) is 0. The highest BCUT2D eigenvalue weighted by Crippen LogP contribution is 2.48. The highest BCUT2D eigenvalue weighted by atomic mass is 32.3. The van der Waals surface area contributed by atoms with E-state index in [2.05, 4.69) is 0 Å². The van der Waals surface area contributed by atoms with Gasteiger partial charge in [-0.1, -0.05) is 66.7 Å². The minimum Gasteiger partial charge on any atom is -0.726 e. The van der Waals surface area contributed by atoms with E-state index >= 15 is 0 Å². The Balaban J connectivity index is 1.23. The van der Waals surface area contributed by atoms with Crippen LogP contribution in [0.2, 0.25) is 0 Å². The molecule has 66 heavy (non-hydrogen) atoms. The van der Waals surface area contributed by atoms with E-state index in [1.165, 1.54) is 14.2 Å². The fourth-order valence-electron chi connectivity index (χ4n) is 8.89. The summed E-state index contributed by atoms with van der Waals surface area (Å²) < 4.78 is 118. The first-order chi connectivity index (χ1) is 31.8. The van der Waals surface area contributed by atoms with Crippen LogP contribution in [-0.2, 0) is 83.6 Å². The first-order valence-corrected chi connectivity index (χ1v) is 23.2. The average Bonchev–Trinajstić information content (AvgIpc) is 3.66. The predicted molar refractivity (Wildman–Crippen MR) is 237 cm³/mol. The lowest BCUT2D eigenvalue weighted by Crippen LogP contribution is -2.73. The summed E-state index contributed by atoms with van der Waals surface area (Å²) in [7, 11) is 2.34. The van der Waals surface area contributed by atoms with Gasteiger partial charge in [0.05, 0.1) is 72.7 Å². The Morgan fingerprint density at radius 3 is 1.61 bits per heavy atom. The maximum atomic E-state index is 12.7. The van der Waals surface area contributed by atoms with Crippen LogP contribution in [0.1, 0.15) is 48.9 Å². The van der Waals surface area contributed by atoms with E-state index in [4.69, 9.17) is 61.0 Å². The summed E-state index contributed by atoms with van der Waals surface area (Å²) in [6, 6.07) is 32.3. The molecule has 11 atom stereocenters. The van der Waals surface area contributed by atoms with Gasteiger partial charge in [-0.25, -0.2) is 8.42 Å². The van der Waals surface area contributed by atoms with Crippen molar-refractivity contribution in [3.63, 3.8) is 0 Å². The van der Waals surface area contributed by atoms with E-state index in [-0.39, 0.29) is 51.3 Å². The molecular formula is C49H61O16S-. The van der Waals surface area contributed by atoms with Gasteiger partial charge in [-0.15, -0.1) is 0 Å². The van der Waals surface area contributed by atoms with Gasteiger partial charge < -0.3 is 61.4 Å². The van der Waals surface area contributed by atoms with Crippen LogP contribution >= 0.6 is 0 Å². The van der Waals surface area contributed by atoms with Gasteiger partial charge in [-0.2, -0.15) is 0 Å². The quantitative estimate of drug-likeness (QED) is 0.0599. The van der Waals surface area contributed by atoms with E-state index in [0.717, 1.165) is 33.8 Å². The van der Waals surface area contributed by atoms with E-state index in [1.54, 1.807) is 35.2 Å². The Morgan fingerprint density at radius 1 is 0.606 bits per heavy atom. The maximum absolute atomic E-state index is 12.7. The highest BCUT2D eigenvalue weighted by Gasteiger charge is 2.64. The number of ether oxygens (including phenoxy) is 12. The van der Waals surface area contributed by atoms with Crippen molar-refractivity contribution in [1.29, 1.82) is 0 Å². The van der Waals surface area contributed by atoms with Gasteiger partial charge >= 0.3 is 0 Å². The van der Waals surface area contributed by atoms with E-state index < -0.39 is 64.9 Å². The lowest BCUT2D eigenvalue weighted by atomic mass is 9.85. The summed E-state index contributed by atoms with van der Waals surface area (Å²) in [5.74, 6) is -1.64. The van der Waals surface area contributed by atoms with E-state index in [1.807, 2.05) is 103 Å². The third-order valence-corrected chi connectivity index (χ3v) is 13.3. The van der Waals surface area contributed by atoms with Crippen molar-refractivity contribution in [2.75, 3.05) is 42.2 Å². The molecule has 0 spiro atoms. The smallest absolute Gasteiger partial charge is 0.220 e. The van der Waals surface area contributed by atoms with Crippen LogP contribution in [0.5, 0.6) is 17.2 Å². The summed E-state index contributed by atoms with van der Waals surface area (Å²) in [6.07, 6.45) is -6.57. The number of methoxy groups -OCH3 is 5. The molecule has 3 aliphatic rings. The van der Waals surface area contributed by atoms with Crippen LogP contribution in [0.25, 0.3) is 0 Å². The molecule has 4 aromatic rings. The SMILES string of the molecule is COc1ccc(COC[C@H]2[C@H](C[C@H]3O[C@@H](OCc4ccccc4)[C@@H]4O[C@@](C)(OC)[C@](C)(OC)O[C@H]4[C@H]3OS(=O)(=O)[O-])C[C@@H](OCc3ccc(OC)cc3)[C@@H]2OCc2ccc(OC)cc2)cc1.